The Kier molecular flexibility index (Phi) is 289. The van der Waals surface area contributed by atoms with E-state index in [1.165, 1.54) is 0 Å². The van der Waals surface area contributed by atoms with Crippen LogP contribution in [0.25, 0.3) is 24.6 Å². The van der Waals surface area contributed by atoms with Crippen molar-refractivity contribution in [3.05, 3.63) is 24.6 Å². The number of rotatable bonds is 0. The average molecular weight is 330 g/mol. The fourth-order valence-corrected chi connectivity index (χ4v) is 0. The Balaban J connectivity index is -0.00000000333. The van der Waals surface area contributed by atoms with Crippen LogP contribution in [-0.2, 0) is 13.9 Å². The molecule has 8 N–H and O–H groups in total. The van der Waals surface area contributed by atoms with E-state index < -0.39 is 0 Å². The third-order valence-electron chi connectivity index (χ3n) is 0. The minimum absolute atomic E-state index is 0. The fraction of sp³-hybridized carbons (Fsp3) is 0. The van der Waals surface area contributed by atoms with Crippen LogP contribution in [0, 0.1) is 0 Å². The first-order valence-electron chi connectivity index (χ1n) is 0.239. The van der Waals surface area contributed by atoms with Gasteiger partial charge in [-0.3, -0.25) is 0 Å². The second-order valence-electron chi connectivity index (χ2n) is 0.0452. The second kappa shape index (κ2) is 51.4. The summed E-state index contributed by atoms with van der Waals surface area (Å²) in [5, 5.41) is 0. The Bertz CT molecular complexity index is 9.65. The van der Waals surface area contributed by atoms with Crippen LogP contribution in [0.4, 0.5) is 0 Å². The Morgan fingerprint density at radius 1 is 0.714 bits per heavy atom. The standard InChI is InChI=1S/2BrH.4H2N.Pd/h2*1H;4*1H2;/q;;4*-1;+2/p-2. The van der Waals surface area contributed by atoms with E-state index in [0.717, 1.165) is 0 Å². The zero-order chi connectivity index (χ0) is 2.71. The van der Waals surface area contributed by atoms with Gasteiger partial charge >= 0.3 is 40.8 Å². The van der Waals surface area contributed by atoms with Crippen LogP contribution in [0.15, 0.2) is 0 Å². The predicted octanol–water partition coefficient (Wildman–Crippen LogP) is 4.56. The molecule has 0 rings (SSSR count). The molecule has 0 unspecified atom stereocenters. The van der Waals surface area contributed by atoms with Gasteiger partial charge < -0.3 is 24.6 Å². The Morgan fingerprint density at radius 2 is 0.714 bits per heavy atom. The van der Waals surface area contributed by atoms with E-state index in [1.54, 1.807) is 0 Å². The van der Waals surface area contributed by atoms with Gasteiger partial charge in [0.05, 0.1) is 0 Å². The van der Waals surface area contributed by atoms with Crippen LogP contribution in [0.1, 0.15) is 0 Å². The van der Waals surface area contributed by atoms with E-state index in [4.69, 9.17) is 0 Å². The molecule has 7 heteroatoms. The largest absolute Gasteiger partial charge is 0.693 e. The molecule has 0 aliphatic carbocycles. The smallest absolute Gasteiger partial charge is 0.693 e. The monoisotopic (exact) mass is 328 g/mol. The molecule has 0 aromatic rings. The van der Waals surface area contributed by atoms with Gasteiger partial charge in [0, 0.05) is 0 Å². The summed E-state index contributed by atoms with van der Waals surface area (Å²) in [7, 11) is 0. The minimum Gasteiger partial charge on any atom is -0.693 e. The van der Waals surface area contributed by atoms with E-state index in [0.29, 0.717) is 13.9 Å². The molecule has 0 aromatic heterocycles. The SMILES string of the molecule is [Br][Pd][Br].[NH2-].[NH2-].[NH2-].[NH2-]. The molecule has 0 aliphatic rings. The van der Waals surface area contributed by atoms with Gasteiger partial charge in [-0.2, -0.15) is 0 Å². The maximum atomic E-state index is 3.11. The topological polar surface area (TPSA) is 134 Å². The first kappa shape index (κ1) is 39.3. The molecule has 0 atom stereocenters. The fourth-order valence-electron chi connectivity index (χ4n) is 0. The Labute approximate surface area is 65.1 Å². The molecule has 0 fully saturated rings. The van der Waals surface area contributed by atoms with E-state index in [9.17, 15) is 0 Å². The number of halogens is 2. The van der Waals surface area contributed by atoms with Crippen molar-refractivity contribution >= 4 is 26.9 Å². The van der Waals surface area contributed by atoms with Crippen molar-refractivity contribution in [2.45, 2.75) is 0 Å². The van der Waals surface area contributed by atoms with Gasteiger partial charge in [0.2, 0.25) is 0 Å². The van der Waals surface area contributed by atoms with Crippen LogP contribution in [0.5, 0.6) is 0 Å². The van der Waals surface area contributed by atoms with E-state index in [1.807, 2.05) is 0 Å². The molecule has 0 aromatic carbocycles. The maximum Gasteiger partial charge on any atom is -0.693 e. The van der Waals surface area contributed by atoms with Gasteiger partial charge in [0.15, 0.2) is 0 Å². The minimum atomic E-state index is 0. The molecule has 0 heterocycles. The molecule has 56 valence electrons. The van der Waals surface area contributed by atoms with Crippen LogP contribution in [0.3, 0.4) is 0 Å². The molecule has 0 bridgehead atoms. The Hall–Kier alpha value is 1.46. The van der Waals surface area contributed by atoms with Crippen molar-refractivity contribution in [1.29, 1.82) is 0 Å². The normalized spacial score (nSPS) is 3.14. The van der Waals surface area contributed by atoms with E-state index in [2.05, 4.69) is 26.9 Å². The summed E-state index contributed by atoms with van der Waals surface area (Å²) in [4.78, 5) is 0. The van der Waals surface area contributed by atoms with Crippen molar-refractivity contribution in [2.75, 3.05) is 0 Å². The molecule has 7 heavy (non-hydrogen) atoms. The second-order valence-corrected chi connectivity index (χ2v) is 7.22. The first-order chi connectivity index (χ1) is 1.41. The van der Waals surface area contributed by atoms with E-state index >= 15 is 0 Å². The Morgan fingerprint density at radius 3 is 0.714 bits per heavy atom. The molecule has 0 saturated carbocycles. The number of nitrogens with two attached hydrogens (primary N) is 4. The van der Waals surface area contributed by atoms with Crippen molar-refractivity contribution in [2.24, 2.45) is 0 Å². The zero-order valence-corrected chi connectivity index (χ0v) is 8.11. The van der Waals surface area contributed by atoms with Crippen LogP contribution in [0.2, 0.25) is 0 Å². The molecule has 4 nitrogen and oxygen atoms in total. The summed E-state index contributed by atoms with van der Waals surface area (Å²) in [6, 6.07) is 0. The van der Waals surface area contributed by atoms with Gasteiger partial charge in [0.25, 0.3) is 0 Å². The van der Waals surface area contributed by atoms with Gasteiger partial charge in [0.1, 0.15) is 0 Å². The predicted molar refractivity (Wildman–Crippen MR) is 39.0 cm³/mol. The molecule has 0 amide bonds. The molecular formula is H8Br2N4Pd-4. The molecule has 0 aliphatic heterocycles. The summed E-state index contributed by atoms with van der Waals surface area (Å²) in [5.41, 5.74) is 0. The number of hydrogen-bond acceptors (Lipinski definition) is 0. The molecule has 0 radical (unpaired) electrons. The van der Waals surface area contributed by atoms with Gasteiger partial charge in [-0.15, -0.1) is 0 Å². The third-order valence-corrected chi connectivity index (χ3v) is 0. The molecular weight excluding hydrogens is 322 g/mol. The van der Waals surface area contributed by atoms with E-state index in [-0.39, 0.29) is 24.6 Å². The summed E-state index contributed by atoms with van der Waals surface area (Å²) < 4.78 is 0. The van der Waals surface area contributed by atoms with Gasteiger partial charge in [-0.05, 0) is 0 Å². The van der Waals surface area contributed by atoms with Crippen LogP contribution in [-0.4, -0.2) is 0 Å². The van der Waals surface area contributed by atoms with Crippen molar-refractivity contribution in [3.63, 3.8) is 0 Å². The van der Waals surface area contributed by atoms with Crippen LogP contribution < -0.4 is 0 Å². The van der Waals surface area contributed by atoms with Crippen molar-refractivity contribution in [3.8, 4) is 0 Å². The van der Waals surface area contributed by atoms with Crippen LogP contribution >= 0.6 is 26.9 Å². The summed E-state index contributed by atoms with van der Waals surface area (Å²) in [5.74, 6) is 0. The third kappa shape index (κ3) is 104. The van der Waals surface area contributed by atoms with Crippen molar-refractivity contribution in [1.82, 2.24) is 0 Å². The summed E-state index contributed by atoms with van der Waals surface area (Å²) in [6.07, 6.45) is 0. The van der Waals surface area contributed by atoms with Gasteiger partial charge in [-0.25, -0.2) is 0 Å². The van der Waals surface area contributed by atoms with Gasteiger partial charge in [-0.1, -0.05) is 0 Å². The number of hydrogen-bond donors (Lipinski definition) is 0. The molecule has 0 spiro atoms. The molecule has 0 saturated heterocycles. The zero-order valence-electron chi connectivity index (χ0n) is 3.38. The maximum absolute atomic E-state index is 3.11. The summed E-state index contributed by atoms with van der Waals surface area (Å²) >= 11 is 6.80. The summed E-state index contributed by atoms with van der Waals surface area (Å²) in [6.45, 7) is 0. The first-order valence-corrected chi connectivity index (χ1v) is 7.35. The average Bonchev–Trinajstić information content (AvgIpc) is 0.918. The quantitative estimate of drug-likeness (QED) is 0.576. The van der Waals surface area contributed by atoms with Crippen molar-refractivity contribution < 1.29 is 13.9 Å².